The van der Waals surface area contributed by atoms with Crippen molar-refractivity contribution in [1.29, 1.82) is 0 Å². The van der Waals surface area contributed by atoms with Crippen LogP contribution in [0.25, 0.3) is 0 Å². The van der Waals surface area contributed by atoms with Gasteiger partial charge >= 0.3 is 0 Å². The van der Waals surface area contributed by atoms with Crippen molar-refractivity contribution in [1.82, 2.24) is 9.62 Å². The zero-order valence-corrected chi connectivity index (χ0v) is 16.6. The highest BCUT2D eigenvalue weighted by molar-refractivity contribution is 7.99. The molecule has 1 aromatic rings. The lowest BCUT2D eigenvalue weighted by Gasteiger charge is -2.26. The average Bonchev–Trinajstić information content (AvgIpc) is 2.84. The van der Waals surface area contributed by atoms with Gasteiger partial charge in [0.25, 0.3) is 0 Å². The number of fused-ring (bicyclic) bond motifs is 1. The van der Waals surface area contributed by atoms with Gasteiger partial charge in [-0.05, 0) is 30.4 Å². The molecular weight excluding hydrogens is 374 g/mol. The van der Waals surface area contributed by atoms with E-state index in [1.54, 1.807) is 34.9 Å². The molecule has 2 heterocycles. The third-order valence-electron chi connectivity index (χ3n) is 4.52. The van der Waals surface area contributed by atoms with Crippen LogP contribution in [0.4, 0.5) is 5.69 Å². The number of carbonyl (C=O) groups is 1. The van der Waals surface area contributed by atoms with Crippen LogP contribution in [-0.2, 0) is 19.6 Å². The number of rotatable bonds is 5. The van der Waals surface area contributed by atoms with E-state index in [4.69, 9.17) is 4.74 Å². The molecule has 0 spiro atoms. The molecule has 9 heteroatoms. The molecule has 0 aromatic heterocycles. The van der Waals surface area contributed by atoms with Crippen LogP contribution in [0.2, 0.25) is 0 Å². The van der Waals surface area contributed by atoms with Gasteiger partial charge < -0.3 is 9.64 Å². The van der Waals surface area contributed by atoms with E-state index >= 15 is 0 Å². The van der Waals surface area contributed by atoms with E-state index in [0.717, 1.165) is 30.2 Å². The van der Waals surface area contributed by atoms with Crippen LogP contribution in [0.1, 0.15) is 13.3 Å². The number of carbonyl (C=O) groups excluding carboxylic acids is 1. The topological polar surface area (TPSA) is 79.0 Å². The van der Waals surface area contributed by atoms with E-state index in [1.165, 1.54) is 6.92 Å². The number of anilines is 1. The molecule has 144 valence electrons. The third-order valence-corrected chi connectivity index (χ3v) is 7.13. The largest absolute Gasteiger partial charge is 0.379 e. The van der Waals surface area contributed by atoms with Gasteiger partial charge in [0.05, 0.1) is 23.8 Å². The van der Waals surface area contributed by atoms with Crippen LogP contribution in [-0.4, -0.2) is 70.9 Å². The molecule has 0 radical (unpaired) electrons. The second-order valence-corrected chi connectivity index (χ2v) is 9.26. The summed E-state index contributed by atoms with van der Waals surface area (Å²) in [6.45, 7) is 6.17. The Morgan fingerprint density at radius 1 is 1.27 bits per heavy atom. The second kappa shape index (κ2) is 8.71. The molecule has 0 bridgehead atoms. The van der Waals surface area contributed by atoms with E-state index in [9.17, 15) is 13.2 Å². The average molecular weight is 400 g/mol. The molecule has 1 fully saturated rings. The molecule has 7 nitrogen and oxygen atoms in total. The lowest BCUT2D eigenvalue weighted by molar-refractivity contribution is -0.116. The molecule has 1 N–H and O–H groups in total. The minimum atomic E-state index is -3.61. The first kappa shape index (κ1) is 19.6. The van der Waals surface area contributed by atoms with Gasteiger partial charge in [0.1, 0.15) is 0 Å². The maximum Gasteiger partial charge on any atom is 0.240 e. The SMILES string of the molecule is CC(=O)N1CCCSc2ccc(S(=O)(=O)NCCN3CCOCC3)cc21. The summed E-state index contributed by atoms with van der Waals surface area (Å²) in [5.41, 5.74) is 0.691. The van der Waals surface area contributed by atoms with E-state index in [1.807, 2.05) is 0 Å². The quantitative estimate of drug-likeness (QED) is 0.800. The standard InChI is InChI=1S/C17H25N3O4S2/c1-14(21)20-6-2-12-25-17-4-3-15(13-16(17)20)26(22,23)18-5-7-19-8-10-24-11-9-19/h3-4,13,18H,2,5-12H2,1H3. The summed E-state index contributed by atoms with van der Waals surface area (Å²) in [5, 5.41) is 0. The van der Waals surface area contributed by atoms with E-state index in [0.29, 0.717) is 38.5 Å². The maximum atomic E-state index is 12.7. The number of morpholine rings is 1. The molecule has 0 atom stereocenters. The molecule has 2 aliphatic rings. The first-order valence-electron chi connectivity index (χ1n) is 8.82. The van der Waals surface area contributed by atoms with Gasteiger partial charge in [-0.3, -0.25) is 9.69 Å². The summed E-state index contributed by atoms with van der Waals surface area (Å²) in [5.74, 6) is 0.851. The number of benzene rings is 1. The minimum absolute atomic E-state index is 0.0661. The number of nitrogens with zero attached hydrogens (tertiary/aromatic N) is 2. The first-order valence-corrected chi connectivity index (χ1v) is 11.3. The van der Waals surface area contributed by atoms with Crippen molar-refractivity contribution in [2.75, 3.05) is 56.6 Å². The lowest BCUT2D eigenvalue weighted by Crippen LogP contribution is -2.41. The number of hydrogen-bond donors (Lipinski definition) is 1. The van der Waals surface area contributed by atoms with Crippen LogP contribution in [0, 0.1) is 0 Å². The molecule has 0 unspecified atom stereocenters. The highest BCUT2D eigenvalue weighted by Gasteiger charge is 2.23. The highest BCUT2D eigenvalue weighted by atomic mass is 32.2. The van der Waals surface area contributed by atoms with Crippen molar-refractivity contribution in [3.63, 3.8) is 0 Å². The number of ether oxygens (including phenoxy) is 1. The van der Waals surface area contributed by atoms with Crippen molar-refractivity contribution in [3.8, 4) is 0 Å². The number of nitrogens with one attached hydrogen (secondary N) is 1. The summed E-state index contributed by atoms with van der Waals surface area (Å²) in [6, 6.07) is 5.04. The lowest BCUT2D eigenvalue weighted by atomic mass is 10.2. The predicted molar refractivity (Wildman–Crippen MR) is 102 cm³/mol. The molecule has 2 aliphatic heterocycles. The number of hydrogen-bond acceptors (Lipinski definition) is 6. The van der Waals surface area contributed by atoms with Crippen LogP contribution >= 0.6 is 11.8 Å². The monoisotopic (exact) mass is 399 g/mol. The zero-order chi connectivity index (χ0) is 18.6. The van der Waals surface area contributed by atoms with E-state index < -0.39 is 10.0 Å². The molecule has 26 heavy (non-hydrogen) atoms. The summed E-state index contributed by atoms with van der Waals surface area (Å²) < 4.78 is 33.3. The van der Waals surface area contributed by atoms with Crippen LogP contribution in [0.3, 0.4) is 0 Å². The normalized spacial score (nSPS) is 19.0. The summed E-state index contributed by atoms with van der Waals surface area (Å²) in [6.07, 6.45) is 0.888. The van der Waals surface area contributed by atoms with E-state index in [-0.39, 0.29) is 10.8 Å². The predicted octanol–water partition coefficient (Wildman–Crippen LogP) is 1.15. The van der Waals surface area contributed by atoms with Crippen molar-refractivity contribution < 1.29 is 17.9 Å². The Balaban J connectivity index is 1.72. The number of sulfonamides is 1. The van der Waals surface area contributed by atoms with Crippen LogP contribution in [0.5, 0.6) is 0 Å². The molecule has 1 saturated heterocycles. The molecular formula is C17H25N3O4S2. The van der Waals surface area contributed by atoms with Gasteiger partial charge in [0.15, 0.2) is 0 Å². The van der Waals surface area contributed by atoms with Crippen molar-refractivity contribution >= 4 is 33.4 Å². The minimum Gasteiger partial charge on any atom is -0.379 e. The zero-order valence-electron chi connectivity index (χ0n) is 14.9. The van der Waals surface area contributed by atoms with Gasteiger partial charge in [-0.2, -0.15) is 0 Å². The summed E-state index contributed by atoms with van der Waals surface area (Å²) in [7, 11) is -3.61. The Bertz CT molecular complexity index is 748. The summed E-state index contributed by atoms with van der Waals surface area (Å²) >= 11 is 1.66. The maximum absolute atomic E-state index is 12.7. The van der Waals surface area contributed by atoms with Gasteiger partial charge in [0.2, 0.25) is 15.9 Å². The fraction of sp³-hybridized carbons (Fsp3) is 0.588. The first-order chi connectivity index (χ1) is 12.5. The van der Waals surface area contributed by atoms with Crippen molar-refractivity contribution in [3.05, 3.63) is 18.2 Å². The fourth-order valence-corrected chi connectivity index (χ4v) is 5.11. The van der Waals surface area contributed by atoms with Gasteiger partial charge in [-0.15, -0.1) is 11.8 Å². The van der Waals surface area contributed by atoms with Gasteiger partial charge in [-0.1, -0.05) is 0 Å². The highest BCUT2D eigenvalue weighted by Crippen LogP contribution is 2.35. The third kappa shape index (κ3) is 4.77. The Morgan fingerprint density at radius 2 is 2.04 bits per heavy atom. The summed E-state index contributed by atoms with van der Waals surface area (Å²) in [4.78, 5) is 17.0. The Labute approximate surface area is 159 Å². The molecule has 0 saturated carbocycles. The van der Waals surface area contributed by atoms with Crippen LogP contribution < -0.4 is 9.62 Å². The van der Waals surface area contributed by atoms with Crippen molar-refractivity contribution in [2.45, 2.75) is 23.1 Å². The van der Waals surface area contributed by atoms with Crippen LogP contribution in [0.15, 0.2) is 28.0 Å². The Hall–Kier alpha value is -1.13. The van der Waals surface area contributed by atoms with Gasteiger partial charge in [-0.25, -0.2) is 13.1 Å². The Kier molecular flexibility index (Phi) is 6.57. The van der Waals surface area contributed by atoms with Gasteiger partial charge in [0, 0.05) is 44.5 Å². The smallest absolute Gasteiger partial charge is 0.240 e. The molecule has 1 amide bonds. The molecule has 0 aliphatic carbocycles. The Morgan fingerprint density at radius 3 is 2.77 bits per heavy atom. The number of thioether (sulfide) groups is 1. The molecule has 3 rings (SSSR count). The molecule has 1 aromatic carbocycles. The second-order valence-electron chi connectivity index (χ2n) is 6.35. The number of amides is 1. The fourth-order valence-electron chi connectivity index (χ4n) is 3.10. The van der Waals surface area contributed by atoms with Crippen molar-refractivity contribution in [2.24, 2.45) is 0 Å². The van der Waals surface area contributed by atoms with E-state index in [2.05, 4.69) is 9.62 Å².